The third kappa shape index (κ3) is 6.00. The first kappa shape index (κ1) is 22.2. The van der Waals surface area contributed by atoms with Gasteiger partial charge in [0, 0.05) is 23.8 Å². The molecule has 2 amide bonds. The third-order valence-electron chi connectivity index (χ3n) is 4.78. The Kier molecular flexibility index (Phi) is 7.52. The molecule has 0 spiro atoms. The number of nitrogens with zero attached hydrogens (tertiary/aromatic N) is 2. The zero-order valence-corrected chi connectivity index (χ0v) is 17.8. The maximum Gasteiger partial charge on any atom is 0.266 e. The molecule has 3 rings (SSSR count). The predicted molar refractivity (Wildman–Crippen MR) is 118 cm³/mol. The first-order chi connectivity index (χ1) is 15.0. The van der Waals surface area contributed by atoms with Gasteiger partial charge in [-0.1, -0.05) is 17.7 Å². The average Bonchev–Trinajstić information content (AvgIpc) is 3.32. The summed E-state index contributed by atoms with van der Waals surface area (Å²) in [7, 11) is 1.48. The van der Waals surface area contributed by atoms with Crippen molar-refractivity contribution in [3.05, 3.63) is 58.6 Å². The summed E-state index contributed by atoms with van der Waals surface area (Å²) in [5, 5.41) is 12.6. The highest BCUT2D eigenvalue weighted by atomic mass is 35.5. The molecule has 160 valence electrons. The number of carbonyl (C=O) groups is 2. The van der Waals surface area contributed by atoms with Crippen molar-refractivity contribution in [2.45, 2.75) is 12.8 Å². The standard InChI is InChI=1S/C23H22ClN3O4/c1-30-21-13-16(4-9-20(21)31-15-22(28)27-10-2-3-11-27)12-17(14-25)23(29)26-19-7-5-18(24)6-8-19/h4-9,12-13H,2-3,10-11,15H2,1H3,(H,26,29)/b17-12+. The maximum atomic E-state index is 12.4. The van der Waals surface area contributed by atoms with E-state index in [1.807, 2.05) is 6.07 Å². The zero-order valence-electron chi connectivity index (χ0n) is 17.1. The Hall–Kier alpha value is -3.50. The van der Waals surface area contributed by atoms with Gasteiger partial charge in [0.15, 0.2) is 18.1 Å². The van der Waals surface area contributed by atoms with Crippen LogP contribution in [0.4, 0.5) is 5.69 Å². The number of benzene rings is 2. The summed E-state index contributed by atoms with van der Waals surface area (Å²) >= 11 is 5.84. The molecule has 0 aromatic heterocycles. The van der Waals surface area contributed by atoms with Crippen molar-refractivity contribution in [2.24, 2.45) is 0 Å². The van der Waals surface area contributed by atoms with E-state index in [-0.39, 0.29) is 18.1 Å². The van der Waals surface area contributed by atoms with Gasteiger partial charge in [0.05, 0.1) is 7.11 Å². The van der Waals surface area contributed by atoms with Gasteiger partial charge in [-0.15, -0.1) is 0 Å². The van der Waals surface area contributed by atoms with Crippen LogP contribution in [0, 0.1) is 11.3 Å². The topological polar surface area (TPSA) is 91.7 Å². The Morgan fingerprint density at radius 1 is 1.16 bits per heavy atom. The molecule has 31 heavy (non-hydrogen) atoms. The van der Waals surface area contributed by atoms with Gasteiger partial charge in [0.25, 0.3) is 11.8 Å². The minimum Gasteiger partial charge on any atom is -0.493 e. The Bertz CT molecular complexity index is 1020. The van der Waals surface area contributed by atoms with Crippen molar-refractivity contribution in [3.63, 3.8) is 0 Å². The number of halogens is 1. The summed E-state index contributed by atoms with van der Waals surface area (Å²) in [5.41, 5.74) is 1.03. The van der Waals surface area contributed by atoms with Crippen molar-refractivity contribution in [1.82, 2.24) is 4.90 Å². The first-order valence-electron chi connectivity index (χ1n) is 9.77. The molecule has 1 aliphatic rings. The summed E-state index contributed by atoms with van der Waals surface area (Å²) in [6, 6.07) is 13.5. The van der Waals surface area contributed by atoms with Crippen molar-refractivity contribution in [2.75, 3.05) is 32.1 Å². The molecule has 0 unspecified atom stereocenters. The van der Waals surface area contributed by atoms with Crippen molar-refractivity contribution in [1.29, 1.82) is 5.26 Å². The normalized spacial score (nSPS) is 13.5. The Morgan fingerprint density at radius 2 is 1.87 bits per heavy atom. The highest BCUT2D eigenvalue weighted by Gasteiger charge is 2.19. The SMILES string of the molecule is COc1cc(/C=C(\C#N)C(=O)Nc2ccc(Cl)cc2)ccc1OCC(=O)N1CCCC1. The van der Waals surface area contributed by atoms with Crippen LogP contribution in [0.3, 0.4) is 0 Å². The molecule has 1 aliphatic heterocycles. The highest BCUT2D eigenvalue weighted by molar-refractivity contribution is 6.30. The number of hydrogen-bond acceptors (Lipinski definition) is 5. The van der Waals surface area contributed by atoms with E-state index in [2.05, 4.69) is 5.32 Å². The Morgan fingerprint density at radius 3 is 2.52 bits per heavy atom. The van der Waals surface area contributed by atoms with Gasteiger partial charge >= 0.3 is 0 Å². The van der Waals surface area contributed by atoms with Crippen molar-refractivity contribution in [3.8, 4) is 17.6 Å². The molecule has 7 nitrogen and oxygen atoms in total. The molecule has 1 fully saturated rings. The van der Waals surface area contributed by atoms with Gasteiger partial charge in [0.2, 0.25) is 0 Å². The van der Waals surface area contributed by atoms with Gasteiger partial charge in [-0.3, -0.25) is 9.59 Å². The van der Waals surface area contributed by atoms with E-state index < -0.39 is 5.91 Å². The summed E-state index contributed by atoms with van der Waals surface area (Å²) < 4.78 is 11.0. The second kappa shape index (κ2) is 10.5. The second-order valence-electron chi connectivity index (χ2n) is 6.92. The molecule has 0 aliphatic carbocycles. The van der Waals surface area contributed by atoms with Gasteiger partial charge in [-0.05, 0) is 60.9 Å². The molecule has 1 saturated heterocycles. The molecular formula is C23H22ClN3O4. The third-order valence-corrected chi connectivity index (χ3v) is 5.03. The zero-order chi connectivity index (χ0) is 22.2. The Balaban J connectivity index is 1.69. The number of ether oxygens (including phenoxy) is 2. The highest BCUT2D eigenvalue weighted by Crippen LogP contribution is 2.29. The number of nitrogens with one attached hydrogen (secondary N) is 1. The number of rotatable bonds is 7. The lowest BCUT2D eigenvalue weighted by Crippen LogP contribution is -2.32. The second-order valence-corrected chi connectivity index (χ2v) is 7.35. The predicted octanol–water partition coefficient (Wildman–Crippen LogP) is 3.90. The summed E-state index contributed by atoms with van der Waals surface area (Å²) in [5.74, 6) is 0.212. The lowest BCUT2D eigenvalue weighted by Gasteiger charge is -2.16. The van der Waals surface area contributed by atoms with E-state index in [9.17, 15) is 14.9 Å². The molecular weight excluding hydrogens is 418 g/mol. The lowest BCUT2D eigenvalue weighted by molar-refractivity contribution is -0.132. The van der Waals surface area contributed by atoms with Crippen LogP contribution in [0.15, 0.2) is 48.0 Å². The number of likely N-dealkylation sites (tertiary alicyclic amines) is 1. The minimum absolute atomic E-state index is 0.0610. The molecule has 2 aromatic rings. The number of carbonyl (C=O) groups excluding carboxylic acids is 2. The fraction of sp³-hybridized carbons (Fsp3) is 0.261. The number of methoxy groups -OCH3 is 1. The molecule has 0 atom stereocenters. The minimum atomic E-state index is -0.541. The van der Waals surface area contributed by atoms with Crippen LogP contribution in [0.25, 0.3) is 6.08 Å². The van der Waals surface area contributed by atoms with Gasteiger partial charge in [-0.2, -0.15) is 5.26 Å². The maximum absolute atomic E-state index is 12.4. The number of hydrogen-bond donors (Lipinski definition) is 1. The van der Waals surface area contributed by atoms with Gasteiger partial charge in [-0.25, -0.2) is 0 Å². The quantitative estimate of drug-likeness (QED) is 0.522. The van der Waals surface area contributed by atoms with E-state index in [4.69, 9.17) is 21.1 Å². The van der Waals surface area contributed by atoms with E-state index in [0.717, 1.165) is 25.9 Å². The molecule has 0 saturated carbocycles. The number of amides is 2. The van der Waals surface area contributed by atoms with E-state index in [0.29, 0.717) is 27.8 Å². The smallest absolute Gasteiger partial charge is 0.266 e. The molecule has 1 heterocycles. The van der Waals surface area contributed by atoms with Crippen LogP contribution in [-0.4, -0.2) is 43.5 Å². The Labute approximate surface area is 185 Å². The molecule has 0 radical (unpaired) electrons. The fourth-order valence-electron chi connectivity index (χ4n) is 3.14. The van der Waals surface area contributed by atoms with Gasteiger partial charge < -0.3 is 19.7 Å². The number of nitriles is 1. The molecule has 2 aromatic carbocycles. The van der Waals surface area contributed by atoms with E-state index in [1.54, 1.807) is 47.4 Å². The van der Waals surface area contributed by atoms with Crippen LogP contribution in [0.2, 0.25) is 5.02 Å². The average molecular weight is 440 g/mol. The van der Waals surface area contributed by atoms with Crippen LogP contribution in [-0.2, 0) is 9.59 Å². The number of anilines is 1. The summed E-state index contributed by atoms with van der Waals surface area (Å²) in [6.07, 6.45) is 3.48. The van der Waals surface area contributed by atoms with Crippen LogP contribution >= 0.6 is 11.6 Å². The van der Waals surface area contributed by atoms with Gasteiger partial charge in [0.1, 0.15) is 11.6 Å². The molecule has 0 bridgehead atoms. The fourth-order valence-corrected chi connectivity index (χ4v) is 3.26. The summed E-state index contributed by atoms with van der Waals surface area (Å²) in [6.45, 7) is 1.45. The van der Waals surface area contributed by atoms with E-state index >= 15 is 0 Å². The molecule has 1 N–H and O–H groups in total. The van der Waals surface area contributed by atoms with Crippen LogP contribution in [0.5, 0.6) is 11.5 Å². The van der Waals surface area contributed by atoms with Crippen molar-refractivity contribution < 1.29 is 19.1 Å². The van der Waals surface area contributed by atoms with E-state index in [1.165, 1.54) is 13.2 Å². The molecule has 8 heteroatoms. The largest absolute Gasteiger partial charge is 0.493 e. The first-order valence-corrected chi connectivity index (χ1v) is 10.2. The van der Waals surface area contributed by atoms with Crippen LogP contribution in [0.1, 0.15) is 18.4 Å². The van der Waals surface area contributed by atoms with Crippen molar-refractivity contribution >= 4 is 35.2 Å². The summed E-state index contributed by atoms with van der Waals surface area (Å²) in [4.78, 5) is 26.4. The lowest BCUT2D eigenvalue weighted by atomic mass is 10.1. The monoisotopic (exact) mass is 439 g/mol. The van der Waals surface area contributed by atoms with Crippen LogP contribution < -0.4 is 14.8 Å².